The van der Waals surface area contributed by atoms with Crippen molar-refractivity contribution in [3.8, 4) is 0 Å². The Hall–Kier alpha value is -7.10. The number of likely N-dealkylation sites (N-methyl/N-ethyl adjacent to an activating group) is 1. The summed E-state index contributed by atoms with van der Waals surface area (Å²) < 4.78 is 5.39. The SMILES string of the molecule is CN(C)C(=O)c1cc2cnc(Nc3ccc(N4CCN(C(=O)CCCCC[N+]5=C(C=CC6=C(Cl)C(=CC=C7N(CCCCCC(=O)O)c8ccccc8C7(C)C)C[N+](C)(C)C6)C(C)(C)c6ccccc65)CC4)cn3)nc2n1C1CCCC1. The number of allylic oxidation sites excluding steroid dienone is 4. The molecule has 4 aliphatic heterocycles. The van der Waals surface area contributed by atoms with Gasteiger partial charge < -0.3 is 39.1 Å². The number of fused-ring (bicyclic) bond motifs is 3. The molecule has 5 aliphatic rings. The van der Waals surface area contributed by atoms with E-state index in [-0.39, 0.29) is 35.1 Å². The first-order valence-electron chi connectivity index (χ1n) is 29.8. The van der Waals surface area contributed by atoms with Gasteiger partial charge in [0, 0.05) is 129 Å². The number of carboxylic acids is 1. The average molecular weight is 1130 g/mol. The van der Waals surface area contributed by atoms with E-state index >= 15 is 0 Å². The molecule has 10 rings (SSSR count). The van der Waals surface area contributed by atoms with E-state index in [9.17, 15) is 19.5 Å². The minimum atomic E-state index is -0.738. The van der Waals surface area contributed by atoms with Gasteiger partial charge in [-0.2, -0.15) is 9.56 Å². The highest BCUT2D eigenvalue weighted by Gasteiger charge is 2.44. The number of carbonyl (C=O) groups excluding carboxylic acids is 2. The Morgan fingerprint density at radius 3 is 2.27 bits per heavy atom. The lowest BCUT2D eigenvalue weighted by atomic mass is 9.81. The number of pyridine rings is 1. The van der Waals surface area contributed by atoms with Crippen LogP contribution in [0, 0.1) is 0 Å². The largest absolute Gasteiger partial charge is 0.481 e. The number of quaternary nitrogens is 1. The summed E-state index contributed by atoms with van der Waals surface area (Å²) in [5.74, 6) is 0.519. The van der Waals surface area contributed by atoms with Crippen LogP contribution in [0.3, 0.4) is 0 Å². The molecule has 16 heteroatoms. The van der Waals surface area contributed by atoms with Gasteiger partial charge in [0.2, 0.25) is 17.5 Å². The normalized spacial score (nSPS) is 19.5. The molecular formula is C66H84ClN11O4+2. The number of nitrogens with one attached hydrogen (secondary N) is 1. The van der Waals surface area contributed by atoms with E-state index in [1.54, 1.807) is 25.2 Å². The first-order valence-corrected chi connectivity index (χ1v) is 30.2. The van der Waals surface area contributed by atoms with Crippen LogP contribution in [-0.4, -0.2) is 148 Å². The van der Waals surface area contributed by atoms with Crippen molar-refractivity contribution >= 4 is 75.0 Å². The molecule has 0 bridgehead atoms. The number of carboxylic acid groups (broad SMARTS) is 1. The number of anilines is 4. The lowest BCUT2D eigenvalue weighted by Crippen LogP contribution is -2.48. The Balaban J connectivity index is 0.750. The van der Waals surface area contributed by atoms with E-state index in [1.807, 2.05) is 23.2 Å². The molecule has 1 aliphatic carbocycles. The number of hydrogen-bond acceptors (Lipinski definition) is 9. The van der Waals surface area contributed by atoms with Crippen LogP contribution in [0.15, 0.2) is 125 Å². The van der Waals surface area contributed by atoms with Gasteiger partial charge in [0.05, 0.1) is 36.4 Å². The Morgan fingerprint density at radius 1 is 0.817 bits per heavy atom. The predicted octanol–water partition coefficient (Wildman–Crippen LogP) is 12.1. The molecule has 2 aromatic carbocycles. The molecule has 2 fully saturated rings. The molecule has 0 atom stereocenters. The molecule has 82 heavy (non-hydrogen) atoms. The number of amides is 2. The molecule has 0 spiro atoms. The topological polar surface area (TPSA) is 143 Å². The number of unbranched alkanes of at least 4 members (excludes halogenated alkanes) is 4. The van der Waals surface area contributed by atoms with Crippen molar-refractivity contribution in [2.45, 2.75) is 122 Å². The highest BCUT2D eigenvalue weighted by molar-refractivity contribution is 6.32. The summed E-state index contributed by atoms with van der Waals surface area (Å²) in [7, 11) is 8.11. The monoisotopic (exact) mass is 1130 g/mol. The Labute approximate surface area is 490 Å². The van der Waals surface area contributed by atoms with E-state index in [4.69, 9.17) is 21.6 Å². The second-order valence-electron chi connectivity index (χ2n) is 25.1. The van der Waals surface area contributed by atoms with Crippen LogP contribution in [0.1, 0.15) is 132 Å². The summed E-state index contributed by atoms with van der Waals surface area (Å²) in [4.78, 5) is 60.6. The maximum Gasteiger partial charge on any atom is 0.303 e. The van der Waals surface area contributed by atoms with Crippen molar-refractivity contribution in [2.75, 3.05) is 95.7 Å². The number of piperazine rings is 1. The van der Waals surface area contributed by atoms with Crippen LogP contribution in [-0.2, 0) is 20.4 Å². The summed E-state index contributed by atoms with van der Waals surface area (Å²) in [6.07, 6.45) is 23.0. The molecule has 0 radical (unpaired) electrons. The molecule has 2 amide bonds. The lowest BCUT2D eigenvalue weighted by molar-refractivity contribution is -0.881. The molecule has 5 aromatic rings. The Morgan fingerprint density at radius 2 is 1.54 bits per heavy atom. The number of hydrogen-bond donors (Lipinski definition) is 2. The van der Waals surface area contributed by atoms with E-state index in [1.165, 1.54) is 33.9 Å². The van der Waals surface area contributed by atoms with Crippen molar-refractivity contribution in [3.63, 3.8) is 0 Å². The summed E-state index contributed by atoms with van der Waals surface area (Å²) in [6.45, 7) is 15.3. The number of aromatic nitrogens is 4. The standard InChI is InChI=1S/C66H82ClN11O4/c1-65(2)51-23-15-17-25-53(51)75(56(65)32-29-46-44-78(7,8)45-47(61(46)67)30-33-57-66(3,4)52-24-16-18-26-54(52)76(57)36-20-10-12-28-60(80)81)35-19-9-11-27-59(79)74-39-37-73(38-40-74)50-31-34-58(68-43-50)70-64-69-42-48-41-55(63(82)72(5)6)77(62(48)71-64)49-21-13-14-22-49/h15-18,23-26,29-34,41-43,49H,9-14,19-22,27-28,35-40,44-45H2,1-8H3/p+2. The zero-order valence-electron chi connectivity index (χ0n) is 49.6. The van der Waals surface area contributed by atoms with E-state index < -0.39 is 5.97 Å². The van der Waals surface area contributed by atoms with Crippen LogP contribution in [0.4, 0.5) is 28.8 Å². The van der Waals surface area contributed by atoms with Gasteiger partial charge in [-0.25, -0.2) is 9.97 Å². The van der Waals surface area contributed by atoms with Gasteiger partial charge in [-0.1, -0.05) is 87.2 Å². The molecule has 7 heterocycles. The fourth-order valence-electron chi connectivity index (χ4n) is 13.3. The highest BCUT2D eigenvalue weighted by atomic mass is 35.5. The van der Waals surface area contributed by atoms with Crippen molar-refractivity contribution in [2.24, 2.45) is 0 Å². The number of aliphatic carboxylic acids is 1. The molecule has 432 valence electrons. The summed E-state index contributed by atoms with van der Waals surface area (Å²) >= 11 is 7.48. The van der Waals surface area contributed by atoms with Gasteiger partial charge >= 0.3 is 5.97 Å². The van der Waals surface area contributed by atoms with Crippen molar-refractivity contribution < 1.29 is 28.5 Å². The quantitative estimate of drug-likeness (QED) is 0.0439. The number of para-hydroxylation sites is 2. The lowest BCUT2D eigenvalue weighted by Gasteiger charge is -2.36. The van der Waals surface area contributed by atoms with E-state index in [0.717, 1.165) is 134 Å². The van der Waals surface area contributed by atoms with Gasteiger partial charge in [0.25, 0.3) is 5.91 Å². The maximum absolute atomic E-state index is 13.6. The van der Waals surface area contributed by atoms with E-state index in [0.29, 0.717) is 43.4 Å². The molecule has 3 aromatic heterocycles. The minimum Gasteiger partial charge on any atom is -0.481 e. The van der Waals surface area contributed by atoms with Gasteiger partial charge in [-0.3, -0.25) is 14.4 Å². The fraction of sp³-hybridized carbons (Fsp3) is 0.470. The molecule has 0 unspecified atom stereocenters. The number of nitrogens with zero attached hydrogens (tertiary/aromatic N) is 10. The molecular weight excluding hydrogens is 1050 g/mol. The van der Waals surface area contributed by atoms with Crippen LogP contribution >= 0.6 is 11.6 Å². The first-order chi connectivity index (χ1) is 39.3. The second kappa shape index (κ2) is 24.4. The van der Waals surface area contributed by atoms with Crippen molar-refractivity contribution in [1.29, 1.82) is 0 Å². The zero-order chi connectivity index (χ0) is 57.9. The third-order valence-corrected chi connectivity index (χ3v) is 18.2. The van der Waals surface area contributed by atoms with Gasteiger partial charge in [-0.05, 0) is 94.4 Å². The van der Waals surface area contributed by atoms with Crippen LogP contribution in [0.5, 0.6) is 0 Å². The number of halogens is 1. The molecule has 1 saturated heterocycles. The summed E-state index contributed by atoms with van der Waals surface area (Å²) in [5, 5.41) is 14.2. The zero-order valence-corrected chi connectivity index (χ0v) is 50.3. The third kappa shape index (κ3) is 12.3. The third-order valence-electron chi connectivity index (χ3n) is 17.7. The van der Waals surface area contributed by atoms with Gasteiger partial charge in [0.1, 0.15) is 36.8 Å². The van der Waals surface area contributed by atoms with Crippen LogP contribution in [0.2, 0.25) is 0 Å². The molecule has 1 saturated carbocycles. The Kier molecular flexibility index (Phi) is 17.3. The van der Waals surface area contributed by atoms with Crippen molar-refractivity contribution in [3.05, 3.63) is 142 Å². The summed E-state index contributed by atoms with van der Waals surface area (Å²) in [5.41, 5.74) is 11.8. The average Bonchev–Trinajstić information content (AvgIpc) is 3.70. The van der Waals surface area contributed by atoms with E-state index in [2.05, 4.69) is 150 Å². The minimum absolute atomic E-state index is 0.0345. The smallest absolute Gasteiger partial charge is 0.303 e. The van der Waals surface area contributed by atoms with Gasteiger partial charge in [0.15, 0.2) is 5.71 Å². The fourth-order valence-corrected chi connectivity index (χ4v) is 13.5. The Bertz CT molecular complexity index is 3370. The van der Waals surface area contributed by atoms with Crippen LogP contribution < -0.4 is 15.1 Å². The molecule has 2 N–H and O–H groups in total. The summed E-state index contributed by atoms with van der Waals surface area (Å²) in [6, 6.07) is 23.6. The van der Waals surface area contributed by atoms with Crippen LogP contribution in [0.25, 0.3) is 11.0 Å². The maximum atomic E-state index is 13.6. The second-order valence-corrected chi connectivity index (χ2v) is 25.4. The number of benzene rings is 2. The number of rotatable bonds is 20. The highest BCUT2D eigenvalue weighted by Crippen LogP contribution is 2.48. The number of carbonyl (C=O) groups is 3. The van der Waals surface area contributed by atoms with Gasteiger partial charge in [-0.15, -0.1) is 0 Å². The predicted molar refractivity (Wildman–Crippen MR) is 330 cm³/mol. The van der Waals surface area contributed by atoms with Crippen molar-refractivity contribution in [1.82, 2.24) is 29.3 Å². The first kappa shape index (κ1) is 58.1. The molecule has 15 nitrogen and oxygen atoms in total.